The highest BCUT2D eigenvalue weighted by Gasteiger charge is 2.13. The Bertz CT molecular complexity index is 599. The van der Waals surface area contributed by atoms with Gasteiger partial charge >= 0.3 is 0 Å². The Morgan fingerprint density at radius 1 is 1.48 bits per heavy atom. The second-order valence-electron chi connectivity index (χ2n) is 4.52. The smallest absolute Gasteiger partial charge is 0.239 e. The van der Waals surface area contributed by atoms with E-state index in [0.717, 1.165) is 5.69 Å². The van der Waals surface area contributed by atoms with Crippen molar-refractivity contribution in [1.82, 2.24) is 0 Å². The minimum Gasteiger partial charge on any atom is -0.484 e. The fraction of sp³-hybridized carbons (Fsp3) is 0.267. The molecular formula is C15H17ClN2O3. The number of nitrogens with one attached hydrogen (secondary N) is 1. The predicted octanol–water partition coefficient (Wildman–Crippen LogP) is 3.19. The average molecular weight is 309 g/mol. The number of nitrogens with two attached hydrogens (primary N) is 1. The molecule has 0 aliphatic carbocycles. The number of furan rings is 1. The second kappa shape index (κ2) is 7.04. The van der Waals surface area contributed by atoms with E-state index < -0.39 is 11.9 Å². The van der Waals surface area contributed by atoms with Crippen molar-refractivity contribution in [3.05, 3.63) is 47.4 Å². The van der Waals surface area contributed by atoms with Crippen molar-refractivity contribution in [2.75, 3.05) is 5.32 Å². The van der Waals surface area contributed by atoms with Crippen molar-refractivity contribution in [1.29, 1.82) is 0 Å². The van der Waals surface area contributed by atoms with Gasteiger partial charge in [-0.2, -0.15) is 0 Å². The molecule has 6 heteroatoms. The molecule has 5 nitrogen and oxygen atoms in total. The lowest BCUT2D eigenvalue weighted by Gasteiger charge is -2.15. The number of benzene rings is 1. The fourth-order valence-corrected chi connectivity index (χ4v) is 2.06. The van der Waals surface area contributed by atoms with Gasteiger partial charge in [-0.15, -0.1) is 0 Å². The van der Waals surface area contributed by atoms with Crippen LogP contribution in [-0.2, 0) is 11.4 Å². The van der Waals surface area contributed by atoms with Crippen LogP contribution in [0.15, 0.2) is 41.0 Å². The van der Waals surface area contributed by atoms with E-state index in [4.69, 9.17) is 26.5 Å². The summed E-state index contributed by atoms with van der Waals surface area (Å²) in [5.74, 6) is 0.866. The van der Waals surface area contributed by atoms with Crippen LogP contribution in [0, 0.1) is 0 Å². The standard InChI is InChI=1S/C15H17ClN2O3/c1-2-13(15(17)19)18-10-5-6-14(12(16)8-10)21-9-11-4-3-7-20-11/h3-8,13,18H,2,9H2,1H3,(H2,17,19)/t13-/m1/s1. The Balaban J connectivity index is 2.01. The molecule has 0 aliphatic rings. The summed E-state index contributed by atoms with van der Waals surface area (Å²) in [6, 6.07) is 8.42. The maximum absolute atomic E-state index is 11.2. The number of rotatable bonds is 7. The maximum Gasteiger partial charge on any atom is 0.239 e. The quantitative estimate of drug-likeness (QED) is 0.823. The summed E-state index contributed by atoms with van der Waals surface area (Å²) in [6.45, 7) is 2.18. The lowest BCUT2D eigenvalue weighted by molar-refractivity contribution is -0.118. The minimum atomic E-state index is -0.420. The third-order valence-electron chi connectivity index (χ3n) is 2.97. The zero-order valence-electron chi connectivity index (χ0n) is 11.6. The Morgan fingerprint density at radius 3 is 2.86 bits per heavy atom. The SMILES string of the molecule is CC[C@@H](Nc1ccc(OCc2ccco2)c(Cl)c1)C(N)=O. The Kier molecular flexibility index (Phi) is 5.11. The topological polar surface area (TPSA) is 77.5 Å². The van der Waals surface area contributed by atoms with Crippen molar-refractivity contribution in [2.24, 2.45) is 5.73 Å². The van der Waals surface area contributed by atoms with Crippen LogP contribution in [0.1, 0.15) is 19.1 Å². The molecule has 1 aromatic carbocycles. The average Bonchev–Trinajstić information content (AvgIpc) is 2.96. The molecule has 0 saturated heterocycles. The molecular weight excluding hydrogens is 292 g/mol. The summed E-state index contributed by atoms with van der Waals surface area (Å²) < 4.78 is 10.8. The van der Waals surface area contributed by atoms with E-state index in [0.29, 0.717) is 29.6 Å². The second-order valence-corrected chi connectivity index (χ2v) is 4.93. The number of carbonyl (C=O) groups excluding carboxylic acids is 1. The number of halogens is 1. The van der Waals surface area contributed by atoms with Crippen molar-refractivity contribution in [2.45, 2.75) is 26.0 Å². The molecule has 0 spiro atoms. The number of ether oxygens (including phenoxy) is 1. The monoisotopic (exact) mass is 308 g/mol. The summed E-state index contributed by atoms with van der Waals surface area (Å²) in [5.41, 5.74) is 6.01. The third kappa shape index (κ3) is 4.16. The molecule has 2 aromatic rings. The molecule has 1 atom stereocenters. The zero-order valence-corrected chi connectivity index (χ0v) is 12.4. The van der Waals surface area contributed by atoms with Crippen LogP contribution in [0.5, 0.6) is 5.75 Å². The van der Waals surface area contributed by atoms with E-state index in [1.54, 1.807) is 30.5 Å². The number of primary amides is 1. The molecule has 0 unspecified atom stereocenters. The largest absolute Gasteiger partial charge is 0.484 e. The first-order valence-corrected chi connectivity index (χ1v) is 6.98. The van der Waals surface area contributed by atoms with Gasteiger partial charge in [0.1, 0.15) is 24.2 Å². The van der Waals surface area contributed by atoms with Crippen LogP contribution in [0.3, 0.4) is 0 Å². The van der Waals surface area contributed by atoms with Gasteiger partial charge in [-0.05, 0) is 36.8 Å². The van der Waals surface area contributed by atoms with Crippen LogP contribution in [0.25, 0.3) is 0 Å². The molecule has 0 aliphatic heterocycles. The lowest BCUT2D eigenvalue weighted by Crippen LogP contribution is -2.34. The van der Waals surface area contributed by atoms with Crippen molar-refractivity contribution in [3.63, 3.8) is 0 Å². The number of hydrogen-bond donors (Lipinski definition) is 2. The van der Waals surface area contributed by atoms with Crippen LogP contribution in [0.2, 0.25) is 5.02 Å². The van der Waals surface area contributed by atoms with Gasteiger partial charge in [0.05, 0.1) is 11.3 Å². The molecule has 0 fully saturated rings. The highest BCUT2D eigenvalue weighted by atomic mass is 35.5. The van der Waals surface area contributed by atoms with Gasteiger partial charge < -0.3 is 20.2 Å². The first-order valence-electron chi connectivity index (χ1n) is 6.60. The molecule has 2 rings (SSSR count). The lowest BCUT2D eigenvalue weighted by atomic mass is 10.2. The predicted molar refractivity (Wildman–Crippen MR) is 81.4 cm³/mol. The molecule has 1 heterocycles. The van der Waals surface area contributed by atoms with Gasteiger partial charge in [-0.1, -0.05) is 18.5 Å². The van der Waals surface area contributed by atoms with Gasteiger partial charge in [0, 0.05) is 5.69 Å². The first-order chi connectivity index (χ1) is 10.1. The van der Waals surface area contributed by atoms with Gasteiger partial charge in [0.15, 0.2) is 0 Å². The molecule has 112 valence electrons. The number of anilines is 1. The van der Waals surface area contributed by atoms with Crippen LogP contribution in [-0.4, -0.2) is 11.9 Å². The minimum absolute atomic E-state index is 0.304. The normalized spacial score (nSPS) is 11.9. The summed E-state index contributed by atoms with van der Waals surface area (Å²) in [6.07, 6.45) is 2.19. The van der Waals surface area contributed by atoms with E-state index in [1.165, 1.54) is 0 Å². The Hall–Kier alpha value is -2.14. The highest BCUT2D eigenvalue weighted by molar-refractivity contribution is 6.32. The number of hydrogen-bond acceptors (Lipinski definition) is 4. The first kappa shape index (κ1) is 15.3. The summed E-state index contributed by atoms with van der Waals surface area (Å²) in [4.78, 5) is 11.2. The van der Waals surface area contributed by atoms with Gasteiger partial charge in [-0.3, -0.25) is 4.79 Å². The van der Waals surface area contributed by atoms with Crippen molar-refractivity contribution in [3.8, 4) is 5.75 Å². The fourth-order valence-electron chi connectivity index (χ4n) is 1.83. The summed E-state index contributed by atoms with van der Waals surface area (Å²) in [7, 11) is 0. The molecule has 3 N–H and O–H groups in total. The molecule has 0 radical (unpaired) electrons. The molecule has 21 heavy (non-hydrogen) atoms. The van der Waals surface area contributed by atoms with E-state index in [1.807, 2.05) is 13.0 Å². The number of carbonyl (C=O) groups is 1. The highest BCUT2D eigenvalue weighted by Crippen LogP contribution is 2.28. The van der Waals surface area contributed by atoms with Gasteiger partial charge in [0.2, 0.25) is 5.91 Å². The van der Waals surface area contributed by atoms with E-state index in [9.17, 15) is 4.79 Å². The van der Waals surface area contributed by atoms with Crippen molar-refractivity contribution < 1.29 is 13.9 Å². The maximum atomic E-state index is 11.2. The van der Waals surface area contributed by atoms with E-state index in [-0.39, 0.29) is 0 Å². The third-order valence-corrected chi connectivity index (χ3v) is 3.27. The summed E-state index contributed by atoms with van der Waals surface area (Å²) in [5, 5.41) is 3.48. The van der Waals surface area contributed by atoms with Crippen molar-refractivity contribution >= 4 is 23.2 Å². The van der Waals surface area contributed by atoms with Crippen LogP contribution >= 0.6 is 11.6 Å². The van der Waals surface area contributed by atoms with Crippen LogP contribution < -0.4 is 15.8 Å². The van der Waals surface area contributed by atoms with Gasteiger partial charge in [0.25, 0.3) is 0 Å². The number of amides is 1. The Labute approximate surface area is 128 Å². The zero-order chi connectivity index (χ0) is 15.2. The van der Waals surface area contributed by atoms with E-state index >= 15 is 0 Å². The van der Waals surface area contributed by atoms with Gasteiger partial charge in [-0.25, -0.2) is 0 Å². The molecule has 1 aromatic heterocycles. The van der Waals surface area contributed by atoms with Crippen LogP contribution in [0.4, 0.5) is 5.69 Å². The molecule has 0 bridgehead atoms. The molecule has 0 saturated carbocycles. The molecule has 1 amide bonds. The summed E-state index contributed by atoms with van der Waals surface area (Å²) >= 11 is 6.16. The van der Waals surface area contributed by atoms with E-state index in [2.05, 4.69) is 5.32 Å². The Morgan fingerprint density at radius 2 is 2.29 bits per heavy atom.